The van der Waals surface area contributed by atoms with Gasteiger partial charge in [0.2, 0.25) is 15.9 Å². The molecule has 0 aliphatic carbocycles. The molecule has 0 saturated carbocycles. The summed E-state index contributed by atoms with van der Waals surface area (Å²) in [6, 6.07) is 8.13. The highest BCUT2D eigenvalue weighted by Gasteiger charge is 2.26. The molecule has 1 fully saturated rings. The van der Waals surface area contributed by atoms with Gasteiger partial charge in [-0.2, -0.15) is 4.31 Å². The van der Waals surface area contributed by atoms with E-state index in [0.717, 1.165) is 0 Å². The molecule has 1 aliphatic heterocycles. The van der Waals surface area contributed by atoms with Crippen LogP contribution in [0.4, 0.5) is 4.79 Å². The van der Waals surface area contributed by atoms with Crippen molar-refractivity contribution >= 4 is 22.0 Å². The second-order valence-corrected chi connectivity index (χ2v) is 8.55. The van der Waals surface area contributed by atoms with Gasteiger partial charge in [-0.15, -0.1) is 0 Å². The highest BCUT2D eigenvalue weighted by Crippen LogP contribution is 2.16. The van der Waals surface area contributed by atoms with Crippen LogP contribution in [0.25, 0.3) is 0 Å². The van der Waals surface area contributed by atoms with E-state index in [0.29, 0.717) is 39.1 Å². The predicted octanol–water partition coefficient (Wildman–Crippen LogP) is 1.35. The normalized spacial score (nSPS) is 17.5. The molecule has 1 aliphatic rings. The number of hydrogen-bond acceptors (Lipinski definition) is 4. The van der Waals surface area contributed by atoms with Crippen LogP contribution in [0.3, 0.4) is 0 Å². The van der Waals surface area contributed by atoms with Crippen LogP contribution in [-0.4, -0.2) is 80.3 Å². The molecule has 3 amide bonds. The standard InChI is InChI=1S/C19H30N4O4S/c1-3-21(4-2)19(25)22-13-8-14-23(15-11-18(24)20-12-16-22)28(26,27)17-9-6-5-7-10-17/h5-7,9-10H,3-4,8,11-16H2,1-2H3,(H,20,24). The van der Waals surface area contributed by atoms with Gasteiger partial charge in [0.05, 0.1) is 4.90 Å². The molecular formula is C19H30N4O4S. The van der Waals surface area contributed by atoms with Gasteiger partial charge >= 0.3 is 6.03 Å². The number of carbonyl (C=O) groups excluding carboxylic acids is 2. The summed E-state index contributed by atoms with van der Waals surface area (Å²) in [4.78, 5) is 28.4. The van der Waals surface area contributed by atoms with Crippen LogP contribution in [0, 0.1) is 0 Å². The summed E-state index contributed by atoms with van der Waals surface area (Å²) in [7, 11) is -3.69. The molecule has 2 rings (SSSR count). The van der Waals surface area contributed by atoms with Crippen molar-refractivity contribution in [1.82, 2.24) is 19.4 Å². The molecule has 8 nitrogen and oxygen atoms in total. The lowest BCUT2D eigenvalue weighted by molar-refractivity contribution is -0.121. The van der Waals surface area contributed by atoms with Gasteiger partial charge < -0.3 is 15.1 Å². The van der Waals surface area contributed by atoms with Crippen LogP contribution in [0.5, 0.6) is 0 Å². The summed E-state index contributed by atoms with van der Waals surface area (Å²) in [6.45, 7) is 6.63. The average molecular weight is 411 g/mol. The molecular weight excluding hydrogens is 380 g/mol. The lowest BCUT2D eigenvalue weighted by Crippen LogP contribution is -2.46. The maximum absolute atomic E-state index is 13.0. The Balaban J connectivity index is 2.17. The Morgan fingerprint density at radius 3 is 2.39 bits per heavy atom. The van der Waals surface area contributed by atoms with Gasteiger partial charge in [-0.05, 0) is 32.4 Å². The van der Waals surface area contributed by atoms with E-state index < -0.39 is 10.0 Å². The number of nitrogens with zero attached hydrogens (tertiary/aromatic N) is 3. The molecule has 156 valence electrons. The van der Waals surface area contributed by atoms with E-state index in [4.69, 9.17) is 0 Å². The first-order valence-corrected chi connectivity index (χ1v) is 11.2. The number of hydrogen-bond donors (Lipinski definition) is 1. The zero-order chi connectivity index (χ0) is 20.6. The average Bonchev–Trinajstić information content (AvgIpc) is 2.74. The summed E-state index contributed by atoms with van der Waals surface area (Å²) in [5, 5.41) is 2.78. The maximum atomic E-state index is 13.0. The van der Waals surface area contributed by atoms with Crippen molar-refractivity contribution in [2.45, 2.75) is 31.6 Å². The zero-order valence-corrected chi connectivity index (χ0v) is 17.5. The quantitative estimate of drug-likeness (QED) is 0.811. The number of sulfonamides is 1. The summed E-state index contributed by atoms with van der Waals surface area (Å²) < 4.78 is 27.3. The van der Waals surface area contributed by atoms with Gasteiger partial charge in [-0.25, -0.2) is 13.2 Å². The molecule has 1 aromatic carbocycles. The fourth-order valence-corrected chi connectivity index (χ4v) is 4.67. The molecule has 1 heterocycles. The van der Waals surface area contributed by atoms with Crippen LogP contribution in [0.1, 0.15) is 26.7 Å². The molecule has 1 N–H and O–H groups in total. The Morgan fingerprint density at radius 1 is 1.07 bits per heavy atom. The third-order valence-electron chi connectivity index (χ3n) is 4.81. The third kappa shape index (κ3) is 5.68. The molecule has 28 heavy (non-hydrogen) atoms. The first-order valence-electron chi connectivity index (χ1n) is 9.75. The fourth-order valence-electron chi connectivity index (χ4n) is 3.17. The fraction of sp³-hybridized carbons (Fsp3) is 0.579. The molecule has 0 atom stereocenters. The van der Waals surface area contributed by atoms with E-state index in [1.807, 2.05) is 13.8 Å². The van der Waals surface area contributed by atoms with Crippen LogP contribution < -0.4 is 5.32 Å². The first-order chi connectivity index (χ1) is 13.4. The van der Waals surface area contributed by atoms with Crippen molar-refractivity contribution in [3.8, 4) is 0 Å². The maximum Gasteiger partial charge on any atom is 0.320 e. The van der Waals surface area contributed by atoms with Crippen LogP contribution in [0.2, 0.25) is 0 Å². The van der Waals surface area contributed by atoms with Crippen molar-refractivity contribution in [2.75, 3.05) is 45.8 Å². The summed E-state index contributed by atoms with van der Waals surface area (Å²) in [5.41, 5.74) is 0. The second-order valence-electron chi connectivity index (χ2n) is 6.61. The van der Waals surface area contributed by atoms with Gasteiger partial charge in [-0.1, -0.05) is 18.2 Å². The van der Waals surface area contributed by atoms with Gasteiger partial charge in [0.25, 0.3) is 0 Å². The molecule has 0 unspecified atom stereocenters. The Morgan fingerprint density at radius 2 is 1.75 bits per heavy atom. The molecule has 0 radical (unpaired) electrons. The molecule has 0 spiro atoms. The van der Waals surface area contributed by atoms with Crippen molar-refractivity contribution in [1.29, 1.82) is 0 Å². The number of carbonyl (C=O) groups is 2. The van der Waals surface area contributed by atoms with Gasteiger partial charge in [0, 0.05) is 52.2 Å². The largest absolute Gasteiger partial charge is 0.354 e. The molecule has 0 bridgehead atoms. The van der Waals surface area contributed by atoms with E-state index in [2.05, 4.69) is 5.32 Å². The van der Waals surface area contributed by atoms with E-state index >= 15 is 0 Å². The predicted molar refractivity (Wildman–Crippen MR) is 107 cm³/mol. The minimum Gasteiger partial charge on any atom is -0.354 e. The summed E-state index contributed by atoms with van der Waals surface area (Å²) in [5.74, 6) is -0.217. The van der Waals surface area contributed by atoms with Crippen LogP contribution in [0.15, 0.2) is 35.2 Å². The van der Waals surface area contributed by atoms with Crippen LogP contribution >= 0.6 is 0 Å². The highest BCUT2D eigenvalue weighted by atomic mass is 32.2. The SMILES string of the molecule is CCN(CC)C(=O)N1CCCN(S(=O)(=O)c2ccccc2)CCC(=O)NCC1. The Labute approximate surface area is 167 Å². The Kier molecular flexibility index (Phi) is 8.25. The minimum absolute atomic E-state index is 0.0871. The van der Waals surface area contributed by atoms with E-state index in [-0.39, 0.29) is 36.3 Å². The minimum atomic E-state index is -3.69. The van der Waals surface area contributed by atoms with Crippen molar-refractivity contribution < 1.29 is 18.0 Å². The van der Waals surface area contributed by atoms with Gasteiger partial charge in [0.1, 0.15) is 0 Å². The Hall–Kier alpha value is -2.13. The lowest BCUT2D eigenvalue weighted by Gasteiger charge is -2.30. The first kappa shape index (κ1) is 22.2. The van der Waals surface area contributed by atoms with Crippen LogP contribution in [-0.2, 0) is 14.8 Å². The number of amides is 3. The van der Waals surface area contributed by atoms with E-state index in [1.54, 1.807) is 40.1 Å². The lowest BCUT2D eigenvalue weighted by atomic mass is 10.3. The molecule has 1 aromatic rings. The number of nitrogens with one attached hydrogen (secondary N) is 1. The summed E-state index contributed by atoms with van der Waals surface area (Å²) >= 11 is 0. The molecule has 1 saturated heterocycles. The summed E-state index contributed by atoms with van der Waals surface area (Å²) in [6.07, 6.45) is 0.601. The monoisotopic (exact) mass is 410 g/mol. The van der Waals surface area contributed by atoms with Crippen molar-refractivity contribution in [3.05, 3.63) is 30.3 Å². The molecule has 0 aromatic heterocycles. The highest BCUT2D eigenvalue weighted by molar-refractivity contribution is 7.89. The number of benzene rings is 1. The van der Waals surface area contributed by atoms with Gasteiger partial charge in [-0.3, -0.25) is 4.79 Å². The second kappa shape index (κ2) is 10.4. The number of urea groups is 1. The van der Waals surface area contributed by atoms with E-state index in [9.17, 15) is 18.0 Å². The Bertz CT molecular complexity index is 750. The zero-order valence-electron chi connectivity index (χ0n) is 16.6. The topological polar surface area (TPSA) is 90.0 Å². The van der Waals surface area contributed by atoms with Crippen molar-refractivity contribution in [2.24, 2.45) is 0 Å². The third-order valence-corrected chi connectivity index (χ3v) is 6.73. The molecule has 9 heteroatoms. The smallest absolute Gasteiger partial charge is 0.320 e. The number of rotatable bonds is 4. The van der Waals surface area contributed by atoms with Gasteiger partial charge in [0.15, 0.2) is 0 Å². The van der Waals surface area contributed by atoms with Crippen molar-refractivity contribution in [3.63, 3.8) is 0 Å². The van der Waals surface area contributed by atoms with E-state index in [1.165, 1.54) is 4.31 Å².